The van der Waals surface area contributed by atoms with E-state index >= 15 is 0 Å². The molecule has 2 aromatic rings. The summed E-state index contributed by atoms with van der Waals surface area (Å²) in [7, 11) is 0. The summed E-state index contributed by atoms with van der Waals surface area (Å²) in [6, 6.07) is 6.03. The fourth-order valence-corrected chi connectivity index (χ4v) is 2.13. The van der Waals surface area contributed by atoms with Gasteiger partial charge in [-0.1, -0.05) is 32.0 Å². The quantitative estimate of drug-likeness (QED) is 0.578. The Morgan fingerprint density at radius 2 is 1.86 bits per heavy atom. The fraction of sp³-hybridized carbons (Fsp3) is 0.267. The lowest BCUT2D eigenvalue weighted by atomic mass is 10.0. The minimum Gasteiger partial charge on any atom is -0.320 e. The second-order valence-electron chi connectivity index (χ2n) is 4.55. The largest absolute Gasteiger partial charge is 0.320 e. The smallest absolute Gasteiger partial charge is 0.275 e. The van der Waals surface area contributed by atoms with Crippen molar-refractivity contribution >= 4 is 17.4 Å². The first kappa shape index (κ1) is 14.9. The van der Waals surface area contributed by atoms with Gasteiger partial charge in [-0.15, -0.1) is 0 Å². The van der Waals surface area contributed by atoms with Crippen LogP contribution in [0.2, 0.25) is 0 Å². The van der Waals surface area contributed by atoms with Gasteiger partial charge >= 0.3 is 0 Å². The number of anilines is 2. The molecule has 0 radical (unpaired) electrons. The van der Waals surface area contributed by atoms with Crippen LogP contribution in [0.3, 0.4) is 0 Å². The van der Waals surface area contributed by atoms with Gasteiger partial charge in [-0.2, -0.15) is 0 Å². The van der Waals surface area contributed by atoms with Crippen molar-refractivity contribution in [1.29, 1.82) is 0 Å². The SMILES string of the molecule is CCc1cccc(CC)c1NC(=O)c1cncc(NN)n1. The number of amides is 1. The first-order valence-corrected chi connectivity index (χ1v) is 6.90. The molecule has 6 nitrogen and oxygen atoms in total. The number of hydrogen-bond acceptors (Lipinski definition) is 5. The molecule has 0 aliphatic heterocycles. The Labute approximate surface area is 123 Å². The standard InChI is InChI=1S/C15H19N5O/c1-3-10-6-5-7-11(4-2)14(10)19-15(21)12-8-17-9-13(18-12)20-16/h5-9H,3-4,16H2,1-2H3,(H,18,20)(H,19,21). The molecule has 0 saturated heterocycles. The van der Waals surface area contributed by atoms with Crippen LogP contribution in [0.25, 0.3) is 0 Å². The first-order chi connectivity index (χ1) is 10.2. The first-order valence-electron chi connectivity index (χ1n) is 6.90. The maximum atomic E-state index is 12.3. The molecular weight excluding hydrogens is 266 g/mol. The van der Waals surface area contributed by atoms with Crippen molar-refractivity contribution in [2.45, 2.75) is 26.7 Å². The van der Waals surface area contributed by atoms with E-state index in [0.717, 1.165) is 29.7 Å². The Morgan fingerprint density at radius 1 is 1.19 bits per heavy atom. The molecule has 0 fully saturated rings. The molecule has 0 aliphatic rings. The molecular formula is C15H19N5O. The van der Waals surface area contributed by atoms with Gasteiger partial charge in [0.15, 0.2) is 5.82 Å². The molecule has 1 aromatic heterocycles. The van der Waals surface area contributed by atoms with Crippen LogP contribution in [0.15, 0.2) is 30.6 Å². The Hall–Kier alpha value is -2.47. The molecule has 0 saturated carbocycles. The average molecular weight is 285 g/mol. The Balaban J connectivity index is 2.30. The van der Waals surface area contributed by atoms with E-state index in [9.17, 15) is 4.79 Å². The number of aryl methyl sites for hydroxylation is 2. The molecule has 2 rings (SSSR count). The molecule has 0 aliphatic carbocycles. The number of nitrogen functional groups attached to an aromatic ring is 1. The van der Waals surface area contributed by atoms with Crippen molar-refractivity contribution in [3.8, 4) is 0 Å². The topological polar surface area (TPSA) is 92.9 Å². The minimum absolute atomic E-state index is 0.221. The lowest BCUT2D eigenvalue weighted by Gasteiger charge is -2.14. The summed E-state index contributed by atoms with van der Waals surface area (Å²) < 4.78 is 0. The van der Waals surface area contributed by atoms with E-state index in [0.29, 0.717) is 5.82 Å². The number of carbonyl (C=O) groups excluding carboxylic acids is 1. The summed E-state index contributed by atoms with van der Waals surface area (Å²) in [4.78, 5) is 20.4. The van der Waals surface area contributed by atoms with Crippen LogP contribution >= 0.6 is 0 Å². The number of rotatable bonds is 5. The molecule has 0 unspecified atom stereocenters. The second-order valence-corrected chi connectivity index (χ2v) is 4.55. The number of nitrogens with one attached hydrogen (secondary N) is 2. The normalized spacial score (nSPS) is 10.2. The Bertz CT molecular complexity index is 619. The monoisotopic (exact) mass is 285 g/mol. The molecule has 0 atom stereocenters. The van der Waals surface area contributed by atoms with E-state index in [-0.39, 0.29) is 11.6 Å². The van der Waals surface area contributed by atoms with Gasteiger partial charge in [0.2, 0.25) is 0 Å². The van der Waals surface area contributed by atoms with Crippen LogP contribution in [0.5, 0.6) is 0 Å². The van der Waals surface area contributed by atoms with Crippen molar-refractivity contribution in [2.75, 3.05) is 10.7 Å². The highest BCUT2D eigenvalue weighted by atomic mass is 16.1. The second kappa shape index (κ2) is 6.81. The van der Waals surface area contributed by atoms with Crippen LogP contribution in [0.1, 0.15) is 35.5 Å². The summed E-state index contributed by atoms with van der Waals surface area (Å²) in [5, 5.41) is 2.94. The van der Waals surface area contributed by atoms with Gasteiger partial charge in [0.05, 0.1) is 12.4 Å². The van der Waals surface area contributed by atoms with Crippen molar-refractivity contribution < 1.29 is 4.79 Å². The number of para-hydroxylation sites is 1. The summed E-state index contributed by atoms with van der Waals surface area (Å²) >= 11 is 0. The summed E-state index contributed by atoms with van der Waals surface area (Å²) in [5.74, 6) is 5.33. The van der Waals surface area contributed by atoms with E-state index in [1.54, 1.807) is 0 Å². The highest BCUT2D eigenvalue weighted by Crippen LogP contribution is 2.23. The highest BCUT2D eigenvalue weighted by molar-refractivity contribution is 6.03. The van der Waals surface area contributed by atoms with Crippen LogP contribution in [-0.4, -0.2) is 15.9 Å². The van der Waals surface area contributed by atoms with Gasteiger partial charge in [0, 0.05) is 5.69 Å². The molecule has 0 spiro atoms. The summed E-state index contributed by atoms with van der Waals surface area (Å²) in [6.07, 6.45) is 4.56. The Kier molecular flexibility index (Phi) is 4.84. The molecule has 21 heavy (non-hydrogen) atoms. The zero-order chi connectivity index (χ0) is 15.2. The Morgan fingerprint density at radius 3 is 2.43 bits per heavy atom. The van der Waals surface area contributed by atoms with E-state index in [2.05, 4.69) is 34.6 Å². The lowest BCUT2D eigenvalue weighted by molar-refractivity contribution is 0.102. The third kappa shape index (κ3) is 3.35. The molecule has 1 heterocycles. The zero-order valence-electron chi connectivity index (χ0n) is 12.2. The molecule has 6 heteroatoms. The average Bonchev–Trinajstić information content (AvgIpc) is 2.54. The van der Waals surface area contributed by atoms with Crippen molar-refractivity contribution in [3.05, 3.63) is 47.4 Å². The van der Waals surface area contributed by atoms with E-state index in [1.165, 1.54) is 12.4 Å². The van der Waals surface area contributed by atoms with Crippen LogP contribution < -0.4 is 16.6 Å². The predicted molar refractivity (Wildman–Crippen MR) is 83.0 cm³/mol. The number of hydrogen-bond donors (Lipinski definition) is 3. The number of nitrogens with two attached hydrogens (primary N) is 1. The van der Waals surface area contributed by atoms with Crippen LogP contribution in [-0.2, 0) is 12.8 Å². The number of nitrogens with zero attached hydrogens (tertiary/aromatic N) is 2. The summed E-state index contributed by atoms with van der Waals surface area (Å²) in [6.45, 7) is 4.12. The number of benzene rings is 1. The zero-order valence-corrected chi connectivity index (χ0v) is 12.2. The third-order valence-electron chi connectivity index (χ3n) is 3.25. The molecule has 4 N–H and O–H groups in total. The van der Waals surface area contributed by atoms with Crippen molar-refractivity contribution in [1.82, 2.24) is 9.97 Å². The maximum Gasteiger partial charge on any atom is 0.275 e. The van der Waals surface area contributed by atoms with Gasteiger partial charge in [-0.25, -0.2) is 10.8 Å². The molecule has 0 bridgehead atoms. The van der Waals surface area contributed by atoms with Crippen molar-refractivity contribution in [3.63, 3.8) is 0 Å². The van der Waals surface area contributed by atoms with E-state index < -0.39 is 0 Å². The van der Waals surface area contributed by atoms with Gasteiger partial charge in [0.25, 0.3) is 5.91 Å². The molecule has 1 amide bonds. The van der Waals surface area contributed by atoms with Gasteiger partial charge < -0.3 is 10.7 Å². The van der Waals surface area contributed by atoms with Crippen molar-refractivity contribution in [2.24, 2.45) is 5.84 Å². The van der Waals surface area contributed by atoms with Gasteiger partial charge in [-0.3, -0.25) is 9.78 Å². The van der Waals surface area contributed by atoms with Gasteiger partial charge in [0.1, 0.15) is 5.69 Å². The number of hydrazine groups is 1. The minimum atomic E-state index is -0.296. The van der Waals surface area contributed by atoms with Crippen LogP contribution in [0.4, 0.5) is 11.5 Å². The maximum absolute atomic E-state index is 12.3. The highest BCUT2D eigenvalue weighted by Gasteiger charge is 2.13. The number of aromatic nitrogens is 2. The van der Waals surface area contributed by atoms with E-state index in [4.69, 9.17) is 5.84 Å². The molecule has 1 aromatic carbocycles. The molecule has 110 valence electrons. The van der Waals surface area contributed by atoms with Crippen LogP contribution in [0, 0.1) is 0 Å². The predicted octanol–water partition coefficient (Wildman–Crippen LogP) is 2.14. The van der Waals surface area contributed by atoms with Gasteiger partial charge in [-0.05, 0) is 24.0 Å². The number of carbonyl (C=O) groups is 1. The summed E-state index contributed by atoms with van der Waals surface area (Å²) in [5.41, 5.74) is 5.66. The third-order valence-corrected chi connectivity index (χ3v) is 3.25. The lowest BCUT2D eigenvalue weighted by Crippen LogP contribution is -2.18. The fourth-order valence-electron chi connectivity index (χ4n) is 2.13. The van der Waals surface area contributed by atoms with E-state index in [1.807, 2.05) is 18.2 Å².